The lowest BCUT2D eigenvalue weighted by Gasteiger charge is -2.10. The molecule has 0 atom stereocenters. The molecule has 0 fully saturated rings. The van der Waals surface area contributed by atoms with Crippen LogP contribution in [0.5, 0.6) is 0 Å². The third-order valence-corrected chi connectivity index (χ3v) is 4.86. The molecule has 1 aromatic heterocycles. The summed E-state index contributed by atoms with van der Waals surface area (Å²) < 4.78 is 10.8. The van der Waals surface area contributed by atoms with E-state index in [0.29, 0.717) is 16.7 Å². The molecule has 27 heavy (non-hydrogen) atoms. The third kappa shape index (κ3) is 3.22. The summed E-state index contributed by atoms with van der Waals surface area (Å²) in [7, 11) is 0. The number of hydrogen-bond acceptors (Lipinski definition) is 4. The lowest BCUT2D eigenvalue weighted by Crippen LogP contribution is -2.08. The van der Waals surface area contributed by atoms with Crippen LogP contribution < -0.4 is 5.63 Å². The van der Waals surface area contributed by atoms with Crippen molar-refractivity contribution in [3.8, 4) is 0 Å². The van der Waals surface area contributed by atoms with E-state index in [1.54, 1.807) is 6.07 Å². The molecule has 0 aliphatic carbocycles. The molecule has 0 bridgehead atoms. The maximum atomic E-state index is 12.5. The van der Waals surface area contributed by atoms with E-state index in [-0.39, 0.29) is 6.61 Å². The highest BCUT2D eigenvalue weighted by Gasteiger charge is 2.13. The Morgan fingerprint density at radius 1 is 0.963 bits per heavy atom. The van der Waals surface area contributed by atoms with Crippen LogP contribution in [0.3, 0.4) is 0 Å². The summed E-state index contributed by atoms with van der Waals surface area (Å²) in [6, 6.07) is 18.5. The Bertz CT molecular complexity index is 1230. The Kier molecular flexibility index (Phi) is 4.24. The summed E-state index contributed by atoms with van der Waals surface area (Å²) in [5.74, 6) is -0.425. The average Bonchev–Trinajstić information content (AvgIpc) is 2.68. The molecule has 3 aromatic carbocycles. The highest BCUT2D eigenvalue weighted by atomic mass is 16.5. The molecule has 1 heterocycles. The first kappa shape index (κ1) is 17.0. The van der Waals surface area contributed by atoms with Crippen LogP contribution in [0.1, 0.15) is 27.0 Å². The summed E-state index contributed by atoms with van der Waals surface area (Å²) >= 11 is 0. The van der Waals surface area contributed by atoms with Gasteiger partial charge in [0.2, 0.25) is 0 Å². The van der Waals surface area contributed by atoms with Gasteiger partial charge in [-0.25, -0.2) is 9.59 Å². The van der Waals surface area contributed by atoms with E-state index in [9.17, 15) is 9.59 Å². The first-order chi connectivity index (χ1) is 13.0. The molecule has 0 N–H and O–H groups in total. The number of rotatable bonds is 3. The van der Waals surface area contributed by atoms with E-state index in [1.165, 1.54) is 6.07 Å². The van der Waals surface area contributed by atoms with Crippen LogP contribution in [0.4, 0.5) is 0 Å². The number of hydrogen-bond donors (Lipinski definition) is 0. The molecule has 4 aromatic rings. The molecule has 0 saturated heterocycles. The molecule has 4 nitrogen and oxygen atoms in total. The Balaban J connectivity index is 1.63. The van der Waals surface area contributed by atoms with Crippen molar-refractivity contribution in [1.82, 2.24) is 0 Å². The predicted octanol–water partition coefficient (Wildman–Crippen LogP) is 4.92. The molecule has 0 saturated carbocycles. The molecule has 0 radical (unpaired) electrons. The van der Waals surface area contributed by atoms with Crippen molar-refractivity contribution < 1.29 is 13.9 Å². The number of carbonyl (C=O) groups is 1. The van der Waals surface area contributed by atoms with Gasteiger partial charge in [-0.15, -0.1) is 0 Å². The lowest BCUT2D eigenvalue weighted by molar-refractivity contribution is 0.0474. The second kappa shape index (κ2) is 6.72. The predicted molar refractivity (Wildman–Crippen MR) is 105 cm³/mol. The van der Waals surface area contributed by atoms with Gasteiger partial charge in [-0.3, -0.25) is 0 Å². The molecule has 0 aliphatic rings. The first-order valence-electron chi connectivity index (χ1n) is 8.72. The maximum Gasteiger partial charge on any atom is 0.338 e. The Labute approximate surface area is 156 Å². The number of ether oxygens (including phenoxy) is 1. The van der Waals surface area contributed by atoms with Gasteiger partial charge in [0.25, 0.3) is 0 Å². The van der Waals surface area contributed by atoms with Crippen LogP contribution in [-0.2, 0) is 11.3 Å². The Morgan fingerprint density at radius 3 is 2.56 bits per heavy atom. The van der Waals surface area contributed by atoms with E-state index in [2.05, 4.69) is 0 Å². The second-order valence-corrected chi connectivity index (χ2v) is 6.61. The van der Waals surface area contributed by atoms with E-state index in [0.717, 1.165) is 27.3 Å². The molecule has 0 spiro atoms. The van der Waals surface area contributed by atoms with Crippen LogP contribution in [0, 0.1) is 13.8 Å². The van der Waals surface area contributed by atoms with Crippen molar-refractivity contribution >= 4 is 27.7 Å². The summed E-state index contributed by atoms with van der Waals surface area (Å²) in [4.78, 5) is 24.4. The van der Waals surface area contributed by atoms with E-state index in [1.807, 2.05) is 62.4 Å². The zero-order chi connectivity index (χ0) is 19.0. The van der Waals surface area contributed by atoms with Crippen molar-refractivity contribution in [2.45, 2.75) is 20.5 Å². The summed E-state index contributed by atoms with van der Waals surface area (Å²) in [6.45, 7) is 3.88. The second-order valence-electron chi connectivity index (χ2n) is 6.61. The van der Waals surface area contributed by atoms with Crippen LogP contribution in [0.2, 0.25) is 0 Å². The van der Waals surface area contributed by atoms with Gasteiger partial charge in [-0.2, -0.15) is 0 Å². The number of aryl methyl sites for hydroxylation is 2. The molecule has 4 heteroatoms. The fraction of sp³-hybridized carbons (Fsp3) is 0.130. The van der Waals surface area contributed by atoms with Gasteiger partial charge in [-0.05, 0) is 47.9 Å². The molecule has 134 valence electrons. The summed E-state index contributed by atoms with van der Waals surface area (Å²) in [5.41, 5.74) is 3.15. The minimum absolute atomic E-state index is 0.0102. The number of carbonyl (C=O) groups excluding carboxylic acids is 1. The maximum absolute atomic E-state index is 12.5. The monoisotopic (exact) mass is 358 g/mol. The molecule has 0 aliphatic heterocycles. The van der Waals surface area contributed by atoms with E-state index >= 15 is 0 Å². The number of esters is 1. The van der Waals surface area contributed by atoms with Gasteiger partial charge < -0.3 is 9.15 Å². The minimum Gasteiger partial charge on any atom is -0.457 e. The number of fused-ring (bicyclic) bond motifs is 2. The zero-order valence-electron chi connectivity index (χ0n) is 15.1. The molecule has 0 unspecified atom stereocenters. The van der Waals surface area contributed by atoms with Gasteiger partial charge in [0.15, 0.2) is 0 Å². The SMILES string of the molecule is Cc1ccc2c(COC(=O)c3ccc4ccccc4c3)cc(=O)oc2c1C. The molecule has 0 amide bonds. The Hall–Kier alpha value is -3.40. The van der Waals surface area contributed by atoms with Crippen LogP contribution in [-0.4, -0.2) is 5.97 Å². The minimum atomic E-state index is -0.451. The quantitative estimate of drug-likeness (QED) is 0.385. The molecular weight excluding hydrogens is 340 g/mol. The highest BCUT2D eigenvalue weighted by molar-refractivity contribution is 5.95. The van der Waals surface area contributed by atoms with Crippen molar-refractivity contribution in [3.05, 3.63) is 93.3 Å². The van der Waals surface area contributed by atoms with Gasteiger partial charge in [0.1, 0.15) is 12.2 Å². The zero-order valence-corrected chi connectivity index (χ0v) is 15.1. The number of benzene rings is 3. The molecular formula is C23H18O4. The third-order valence-electron chi connectivity index (χ3n) is 4.86. The van der Waals surface area contributed by atoms with Crippen molar-refractivity contribution in [2.24, 2.45) is 0 Å². The van der Waals surface area contributed by atoms with Gasteiger partial charge >= 0.3 is 11.6 Å². The first-order valence-corrected chi connectivity index (χ1v) is 8.72. The van der Waals surface area contributed by atoms with Crippen LogP contribution in [0.25, 0.3) is 21.7 Å². The molecule has 4 rings (SSSR count). The average molecular weight is 358 g/mol. The summed E-state index contributed by atoms with van der Waals surface area (Å²) in [5, 5.41) is 2.82. The van der Waals surface area contributed by atoms with Crippen molar-refractivity contribution in [1.29, 1.82) is 0 Å². The largest absolute Gasteiger partial charge is 0.457 e. The van der Waals surface area contributed by atoms with Gasteiger partial charge in [0.05, 0.1) is 5.56 Å². The fourth-order valence-corrected chi connectivity index (χ4v) is 3.19. The van der Waals surface area contributed by atoms with Crippen molar-refractivity contribution in [3.63, 3.8) is 0 Å². The van der Waals surface area contributed by atoms with Gasteiger partial charge in [0, 0.05) is 17.0 Å². The van der Waals surface area contributed by atoms with Crippen LogP contribution in [0.15, 0.2) is 69.9 Å². The lowest BCUT2D eigenvalue weighted by atomic mass is 10.0. The fourth-order valence-electron chi connectivity index (χ4n) is 3.19. The standard InChI is InChI=1S/C23H18O4/c1-14-7-10-20-19(12-21(24)27-22(20)15(14)2)13-26-23(25)18-9-8-16-5-3-4-6-17(16)11-18/h3-12H,13H2,1-2H3. The van der Waals surface area contributed by atoms with E-state index in [4.69, 9.17) is 9.15 Å². The van der Waals surface area contributed by atoms with Gasteiger partial charge in [-0.1, -0.05) is 42.5 Å². The topological polar surface area (TPSA) is 56.5 Å². The smallest absolute Gasteiger partial charge is 0.338 e. The van der Waals surface area contributed by atoms with E-state index < -0.39 is 11.6 Å². The highest BCUT2D eigenvalue weighted by Crippen LogP contribution is 2.24. The normalized spacial score (nSPS) is 11.0. The van der Waals surface area contributed by atoms with Crippen LogP contribution >= 0.6 is 0 Å². The van der Waals surface area contributed by atoms with Crippen molar-refractivity contribution in [2.75, 3.05) is 0 Å². The Morgan fingerprint density at radius 2 is 1.74 bits per heavy atom. The summed E-state index contributed by atoms with van der Waals surface area (Å²) in [6.07, 6.45) is 0.